The highest BCUT2D eigenvalue weighted by atomic mass is 16.6. The second kappa shape index (κ2) is 11.8. The lowest BCUT2D eigenvalue weighted by molar-refractivity contribution is -0.347. The monoisotopic (exact) mass is 643 g/mol. The number of carbonyl (C=O) groups excluding carboxylic acids is 5. The van der Waals surface area contributed by atoms with E-state index in [-0.39, 0.29) is 24.0 Å². The lowest BCUT2D eigenvalue weighted by Crippen LogP contribution is -2.83. The van der Waals surface area contributed by atoms with Crippen LogP contribution in [0, 0.1) is 11.3 Å². The minimum Gasteiger partial charge on any atom is -0.472 e. The molecular weight excluding hydrogens is 606 g/mol. The van der Waals surface area contributed by atoms with Crippen LogP contribution in [0.5, 0.6) is 0 Å². The van der Waals surface area contributed by atoms with Crippen molar-refractivity contribution in [3.63, 3.8) is 0 Å². The molecule has 2 bridgehead atoms. The summed E-state index contributed by atoms with van der Waals surface area (Å²) in [6, 6.07) is 4.36. The van der Waals surface area contributed by atoms with E-state index in [9.17, 15) is 29.1 Å². The number of carbonyl (C=O) groups is 5. The van der Waals surface area contributed by atoms with E-state index >= 15 is 0 Å². The third-order valence-corrected chi connectivity index (χ3v) is 9.32. The van der Waals surface area contributed by atoms with Gasteiger partial charge in [-0.05, 0) is 51.8 Å². The third-order valence-electron chi connectivity index (χ3n) is 9.32. The number of aromatic nitrogens is 1. The van der Waals surface area contributed by atoms with Crippen LogP contribution in [0.15, 0.2) is 47.5 Å². The van der Waals surface area contributed by atoms with Crippen molar-refractivity contribution in [1.29, 1.82) is 0 Å². The number of nitrogens with zero attached hydrogens (tertiary/aromatic N) is 1. The zero-order valence-corrected chi connectivity index (χ0v) is 26.3. The molecule has 0 radical (unpaired) electrons. The normalized spacial score (nSPS) is 34.0. The van der Waals surface area contributed by atoms with E-state index in [4.69, 9.17) is 32.8 Å². The summed E-state index contributed by atoms with van der Waals surface area (Å²) >= 11 is 0. The molecule has 14 nitrogen and oxygen atoms in total. The Bertz CT molecular complexity index is 1500. The Balaban J connectivity index is 1.83. The fourth-order valence-electron chi connectivity index (χ4n) is 7.73. The quantitative estimate of drug-likeness (QED) is 0.327. The van der Waals surface area contributed by atoms with Gasteiger partial charge in [0.05, 0.1) is 34.5 Å². The van der Waals surface area contributed by atoms with E-state index in [0.717, 1.165) is 13.8 Å². The van der Waals surface area contributed by atoms with Gasteiger partial charge < -0.3 is 37.9 Å². The number of hydrogen-bond acceptors (Lipinski definition) is 14. The van der Waals surface area contributed by atoms with Crippen molar-refractivity contribution in [1.82, 2.24) is 4.98 Å². The molecule has 0 amide bonds. The minimum atomic E-state index is -2.09. The summed E-state index contributed by atoms with van der Waals surface area (Å²) in [5, 5.41) is 12.4. The van der Waals surface area contributed by atoms with E-state index in [0.29, 0.717) is 0 Å². The maximum Gasteiger partial charge on any atom is 0.341 e. The van der Waals surface area contributed by atoms with Gasteiger partial charge in [-0.3, -0.25) is 19.4 Å². The summed E-state index contributed by atoms with van der Waals surface area (Å²) in [5.41, 5.74) is -7.29. The first-order valence-electron chi connectivity index (χ1n) is 14.8. The van der Waals surface area contributed by atoms with Crippen LogP contribution >= 0.6 is 0 Å². The summed E-state index contributed by atoms with van der Waals surface area (Å²) in [5.74, 6) is -5.11. The number of rotatable bonds is 8. The van der Waals surface area contributed by atoms with Crippen molar-refractivity contribution in [2.24, 2.45) is 11.3 Å². The van der Waals surface area contributed by atoms with Gasteiger partial charge in [0.15, 0.2) is 11.7 Å². The van der Waals surface area contributed by atoms with E-state index in [1.54, 1.807) is 13.8 Å². The summed E-state index contributed by atoms with van der Waals surface area (Å²) in [6.45, 7) is 7.55. The molecule has 46 heavy (non-hydrogen) atoms. The molecule has 0 aromatic carbocycles. The molecule has 2 saturated carbocycles. The molecule has 2 aliphatic carbocycles. The lowest BCUT2D eigenvalue weighted by atomic mass is 9.46. The Hall–Kier alpha value is -4.30. The van der Waals surface area contributed by atoms with Gasteiger partial charge >= 0.3 is 29.8 Å². The Morgan fingerprint density at radius 1 is 0.913 bits per heavy atom. The Morgan fingerprint density at radius 3 is 2.17 bits per heavy atom. The number of furan rings is 1. The van der Waals surface area contributed by atoms with Crippen molar-refractivity contribution in [3.8, 4) is 0 Å². The van der Waals surface area contributed by atoms with E-state index < -0.39 is 89.0 Å². The molecule has 5 rings (SSSR count). The maximum atomic E-state index is 13.8. The van der Waals surface area contributed by atoms with Gasteiger partial charge in [-0.1, -0.05) is 0 Å². The standard InChI is InChI=1S/C32H37NO13/c1-17(34)41-16-31-22(42-18(2)35)9-11-30(6,39)32(31)25(44-28(38)21-10-13-40-15-21)23(29(4,5)46-32)24(43-19(3)36)26(31)45-27(37)20-8-7-12-33-14-20/h7-8,10,12-15,22-26,39H,9,11,16H2,1-6H3/t22-,23+,24+,25+,26+,30-,31-,32-/m0/s1. The van der Waals surface area contributed by atoms with Gasteiger partial charge in [0.2, 0.25) is 0 Å². The highest BCUT2D eigenvalue weighted by Gasteiger charge is 2.87. The number of hydrogen-bond donors (Lipinski definition) is 1. The van der Waals surface area contributed by atoms with Crippen LogP contribution in [0.1, 0.15) is 75.1 Å². The van der Waals surface area contributed by atoms with Crippen molar-refractivity contribution < 1.29 is 61.9 Å². The van der Waals surface area contributed by atoms with Crippen molar-refractivity contribution in [2.75, 3.05) is 6.61 Å². The molecule has 3 heterocycles. The molecule has 2 aromatic rings. The average Bonchev–Trinajstić information content (AvgIpc) is 3.57. The highest BCUT2D eigenvalue weighted by molar-refractivity contribution is 5.90. The number of aliphatic hydroxyl groups is 1. The molecule has 3 aliphatic rings. The van der Waals surface area contributed by atoms with Crippen LogP contribution in [0.4, 0.5) is 0 Å². The molecular formula is C32H37NO13. The smallest absolute Gasteiger partial charge is 0.341 e. The SMILES string of the molecule is CC(=O)OC[C@@]12[C@@H](OC(C)=O)CC[C@](C)(O)[C@]13OC(C)(C)[C@H]([C@@H](OC(C)=O)[C@H]2OC(=O)c1cccnc1)[C@H]3OC(=O)c1ccoc1. The van der Waals surface area contributed by atoms with Crippen LogP contribution < -0.4 is 0 Å². The molecule has 248 valence electrons. The van der Waals surface area contributed by atoms with Crippen molar-refractivity contribution >= 4 is 29.8 Å². The zero-order chi connectivity index (χ0) is 33.7. The van der Waals surface area contributed by atoms with Crippen LogP contribution in [0.2, 0.25) is 0 Å². The molecule has 14 heteroatoms. The van der Waals surface area contributed by atoms with Crippen LogP contribution in [0.3, 0.4) is 0 Å². The van der Waals surface area contributed by atoms with Crippen molar-refractivity contribution in [2.45, 2.75) is 95.6 Å². The molecule has 1 saturated heterocycles. The predicted octanol–water partition coefficient (Wildman–Crippen LogP) is 2.56. The van der Waals surface area contributed by atoms with Gasteiger partial charge in [0.1, 0.15) is 36.6 Å². The fraction of sp³-hybridized carbons (Fsp3) is 0.562. The van der Waals surface area contributed by atoms with Crippen LogP contribution in [-0.4, -0.2) is 87.8 Å². The average molecular weight is 644 g/mol. The largest absolute Gasteiger partial charge is 0.472 e. The Morgan fingerprint density at radius 2 is 1.59 bits per heavy atom. The van der Waals surface area contributed by atoms with Gasteiger partial charge in [0.25, 0.3) is 0 Å². The van der Waals surface area contributed by atoms with Crippen LogP contribution in [-0.2, 0) is 42.8 Å². The topological polar surface area (TPSA) is 187 Å². The van der Waals surface area contributed by atoms with E-state index in [1.807, 2.05) is 0 Å². The lowest BCUT2D eigenvalue weighted by Gasteiger charge is -2.65. The minimum absolute atomic E-state index is 0.0276. The van der Waals surface area contributed by atoms with Gasteiger partial charge in [-0.2, -0.15) is 0 Å². The summed E-state index contributed by atoms with van der Waals surface area (Å²) < 4.78 is 41.8. The fourth-order valence-corrected chi connectivity index (χ4v) is 7.73. The Labute approximate surface area is 264 Å². The summed E-state index contributed by atoms with van der Waals surface area (Å²) in [7, 11) is 0. The van der Waals surface area contributed by atoms with E-state index in [2.05, 4.69) is 4.98 Å². The molecule has 0 unspecified atom stereocenters. The maximum absolute atomic E-state index is 13.8. The first-order valence-corrected chi connectivity index (χ1v) is 14.8. The zero-order valence-electron chi connectivity index (χ0n) is 26.3. The number of pyridine rings is 1. The summed E-state index contributed by atoms with van der Waals surface area (Å²) in [4.78, 5) is 69.3. The number of esters is 5. The molecule has 1 N–H and O–H groups in total. The summed E-state index contributed by atoms with van der Waals surface area (Å²) in [6.07, 6.45) is -0.636. The highest BCUT2D eigenvalue weighted by Crippen LogP contribution is 2.69. The van der Waals surface area contributed by atoms with Crippen LogP contribution in [0.25, 0.3) is 0 Å². The Kier molecular flexibility index (Phi) is 8.49. The number of ether oxygens (including phenoxy) is 6. The molecule has 3 fully saturated rings. The molecule has 1 aliphatic heterocycles. The van der Waals surface area contributed by atoms with Gasteiger partial charge in [-0.15, -0.1) is 0 Å². The van der Waals surface area contributed by atoms with Crippen molar-refractivity contribution in [3.05, 3.63) is 54.2 Å². The second-order valence-corrected chi connectivity index (χ2v) is 12.7. The molecule has 1 spiro atoms. The predicted molar refractivity (Wildman–Crippen MR) is 153 cm³/mol. The first-order chi connectivity index (χ1) is 21.6. The molecule has 2 aromatic heterocycles. The molecule has 8 atom stereocenters. The van der Waals surface area contributed by atoms with Gasteiger partial charge in [0, 0.05) is 33.2 Å². The third kappa shape index (κ3) is 5.22. The second-order valence-electron chi connectivity index (χ2n) is 12.7. The van der Waals surface area contributed by atoms with Gasteiger partial charge in [-0.25, -0.2) is 9.59 Å². The number of fused-ring (bicyclic) bond motifs is 1. The van der Waals surface area contributed by atoms with E-state index in [1.165, 1.54) is 57.0 Å². The first kappa shape index (κ1) is 33.1.